The van der Waals surface area contributed by atoms with Crippen molar-refractivity contribution in [3.05, 3.63) is 34.9 Å². The Morgan fingerprint density at radius 3 is 2.17 bits per heavy atom. The maximum Gasteiger partial charge on any atom is 0.192 e. The predicted molar refractivity (Wildman–Crippen MR) is 179 cm³/mol. The Bertz CT molecular complexity index is 1100. The van der Waals surface area contributed by atoms with Crippen LogP contribution >= 0.6 is 0 Å². The van der Waals surface area contributed by atoms with Crippen LogP contribution in [0, 0.1) is 28.6 Å². The third-order valence-corrected chi connectivity index (χ3v) is 22.0. The molecular formula is C36H62O3Si2. The zero-order valence-electron chi connectivity index (χ0n) is 28.9. The zero-order chi connectivity index (χ0) is 30.8. The fourth-order valence-electron chi connectivity index (χ4n) is 8.25. The number of aldehydes is 1. The smallest absolute Gasteiger partial charge is 0.192 e. The standard InChI is InChI=1S/C36H62O3Si2/c1-25(15-14-22-37)29-18-19-30-28-17-16-26-23-27(38-40(10,11)33(2,3)4)24-32(39-41(12,13)34(5,6)7)36(26,9)31(28)20-21-35(29,30)8/h16-18,22,25,27,30-32H,14-15,19-21,23-24H2,1-13H3/t25-,27+,30-,31-,32-,35+,36-/m0/s1. The summed E-state index contributed by atoms with van der Waals surface area (Å²) in [5.41, 5.74) is 5.08. The summed E-state index contributed by atoms with van der Waals surface area (Å²) in [7, 11) is -3.91. The number of carbonyl (C=O) groups excluding carboxylic acids is 1. The van der Waals surface area contributed by atoms with Gasteiger partial charge in [-0.2, -0.15) is 0 Å². The van der Waals surface area contributed by atoms with Crippen LogP contribution in [-0.2, 0) is 13.6 Å². The number of hydrogen-bond acceptors (Lipinski definition) is 3. The maximum atomic E-state index is 11.1. The van der Waals surface area contributed by atoms with Gasteiger partial charge in [0.1, 0.15) is 6.29 Å². The Kier molecular flexibility index (Phi) is 8.89. The van der Waals surface area contributed by atoms with Crippen LogP contribution in [0.1, 0.15) is 107 Å². The first-order valence-corrected chi connectivity index (χ1v) is 22.4. The first-order valence-electron chi connectivity index (χ1n) is 16.6. The van der Waals surface area contributed by atoms with Crippen molar-refractivity contribution in [3.8, 4) is 0 Å². The van der Waals surface area contributed by atoms with E-state index in [9.17, 15) is 4.79 Å². The second kappa shape index (κ2) is 11.0. The van der Waals surface area contributed by atoms with Crippen LogP contribution in [0.2, 0.25) is 36.3 Å². The summed E-state index contributed by atoms with van der Waals surface area (Å²) in [6.07, 6.45) is 16.4. The van der Waals surface area contributed by atoms with Gasteiger partial charge in [-0.3, -0.25) is 0 Å². The molecule has 0 aromatic carbocycles. The topological polar surface area (TPSA) is 35.5 Å². The van der Waals surface area contributed by atoms with Crippen LogP contribution in [0.4, 0.5) is 0 Å². The van der Waals surface area contributed by atoms with Gasteiger partial charge in [0.05, 0.1) is 12.2 Å². The maximum absolute atomic E-state index is 11.1. The van der Waals surface area contributed by atoms with Gasteiger partial charge in [0, 0.05) is 11.8 Å². The zero-order valence-corrected chi connectivity index (χ0v) is 30.9. The lowest BCUT2D eigenvalue weighted by Gasteiger charge is -2.59. The van der Waals surface area contributed by atoms with Gasteiger partial charge >= 0.3 is 0 Å². The van der Waals surface area contributed by atoms with Crippen molar-refractivity contribution in [2.75, 3.05) is 0 Å². The molecule has 0 aromatic heterocycles. The molecule has 0 saturated heterocycles. The van der Waals surface area contributed by atoms with Crippen LogP contribution in [0.25, 0.3) is 0 Å². The lowest BCUT2D eigenvalue weighted by atomic mass is 9.49. The van der Waals surface area contributed by atoms with E-state index in [1.807, 2.05) is 0 Å². The first kappa shape index (κ1) is 33.1. The summed E-state index contributed by atoms with van der Waals surface area (Å²) in [6, 6.07) is 0. The molecule has 7 atom stereocenters. The van der Waals surface area contributed by atoms with E-state index in [1.165, 1.54) is 12.8 Å². The van der Waals surface area contributed by atoms with Crippen molar-refractivity contribution >= 4 is 22.9 Å². The molecule has 5 heteroatoms. The molecule has 0 unspecified atom stereocenters. The van der Waals surface area contributed by atoms with Gasteiger partial charge in [-0.05, 0) is 98.0 Å². The molecule has 41 heavy (non-hydrogen) atoms. The minimum Gasteiger partial charge on any atom is -0.414 e. The van der Waals surface area contributed by atoms with E-state index in [0.29, 0.717) is 24.2 Å². The minimum atomic E-state index is -2.01. The van der Waals surface area contributed by atoms with Crippen LogP contribution < -0.4 is 0 Å². The summed E-state index contributed by atoms with van der Waals surface area (Å²) in [5, 5.41) is 0.363. The highest BCUT2D eigenvalue weighted by Crippen LogP contribution is 2.65. The fourth-order valence-corrected chi connectivity index (χ4v) is 11.0. The number of rotatable bonds is 8. The van der Waals surface area contributed by atoms with Gasteiger partial charge < -0.3 is 13.6 Å². The van der Waals surface area contributed by atoms with E-state index in [2.05, 4.69) is 107 Å². The number of hydrogen-bond donors (Lipinski definition) is 0. The quantitative estimate of drug-likeness (QED) is 0.158. The Hall–Kier alpha value is -0.756. The molecule has 0 aliphatic heterocycles. The average Bonchev–Trinajstić information content (AvgIpc) is 3.19. The summed E-state index contributed by atoms with van der Waals surface area (Å²) in [5.74, 6) is 1.58. The highest BCUT2D eigenvalue weighted by Gasteiger charge is 2.59. The molecule has 0 heterocycles. The molecule has 0 spiro atoms. The van der Waals surface area contributed by atoms with Crippen molar-refractivity contribution in [2.45, 2.75) is 156 Å². The van der Waals surface area contributed by atoms with E-state index in [0.717, 1.165) is 32.0 Å². The molecule has 0 aromatic rings. The van der Waals surface area contributed by atoms with Gasteiger partial charge in [0.2, 0.25) is 0 Å². The van der Waals surface area contributed by atoms with E-state index in [1.54, 1.807) is 16.7 Å². The van der Waals surface area contributed by atoms with Gasteiger partial charge in [-0.15, -0.1) is 0 Å². The van der Waals surface area contributed by atoms with Gasteiger partial charge in [0.15, 0.2) is 16.6 Å². The van der Waals surface area contributed by atoms with E-state index >= 15 is 0 Å². The van der Waals surface area contributed by atoms with Crippen LogP contribution in [0.3, 0.4) is 0 Å². The highest BCUT2D eigenvalue weighted by atomic mass is 28.4. The lowest BCUT2D eigenvalue weighted by molar-refractivity contribution is -0.108. The molecule has 232 valence electrons. The van der Waals surface area contributed by atoms with Gasteiger partial charge in [0.25, 0.3) is 0 Å². The van der Waals surface area contributed by atoms with Crippen LogP contribution in [-0.4, -0.2) is 35.1 Å². The molecular weight excluding hydrogens is 537 g/mol. The monoisotopic (exact) mass is 598 g/mol. The second-order valence-electron chi connectivity index (χ2n) is 17.5. The lowest BCUT2D eigenvalue weighted by Crippen LogP contribution is -2.58. The van der Waals surface area contributed by atoms with Gasteiger partial charge in [-0.25, -0.2) is 0 Å². The third kappa shape index (κ3) is 5.76. The summed E-state index contributed by atoms with van der Waals surface area (Å²) in [4.78, 5) is 11.1. The van der Waals surface area contributed by atoms with Crippen molar-refractivity contribution in [1.82, 2.24) is 0 Å². The fraction of sp³-hybridized carbons (Fsp3) is 0.806. The second-order valence-corrected chi connectivity index (χ2v) is 27.1. The number of allylic oxidation sites excluding steroid dienone is 5. The van der Waals surface area contributed by atoms with Crippen molar-refractivity contribution in [1.29, 1.82) is 0 Å². The summed E-state index contributed by atoms with van der Waals surface area (Å²) >= 11 is 0. The summed E-state index contributed by atoms with van der Waals surface area (Å²) < 4.78 is 14.6. The SMILES string of the molecule is C[C@@H](CCC=O)C1=CC[C@H]2C3=CC=C4C[C@@H](O[Si](C)(C)C(C)(C)C)C[C@H](O[Si](C)(C)C(C)(C)C)[C@]4(C)[C@H]3CC[C@]12C. The van der Waals surface area contributed by atoms with Crippen LogP contribution in [0.15, 0.2) is 34.9 Å². The molecule has 4 rings (SSSR count). The molecule has 2 saturated carbocycles. The van der Waals surface area contributed by atoms with E-state index in [-0.39, 0.29) is 33.1 Å². The largest absolute Gasteiger partial charge is 0.414 e. The third-order valence-electron chi connectivity index (χ3n) is 13.0. The highest BCUT2D eigenvalue weighted by molar-refractivity contribution is 6.74. The Labute approximate surface area is 255 Å². The molecule has 2 fully saturated rings. The molecule has 4 aliphatic rings. The number of carbonyl (C=O) groups is 1. The molecule has 0 radical (unpaired) electrons. The first-order chi connectivity index (χ1) is 18.7. The summed E-state index contributed by atoms with van der Waals surface area (Å²) in [6.45, 7) is 31.3. The average molecular weight is 599 g/mol. The Morgan fingerprint density at radius 1 is 0.976 bits per heavy atom. The van der Waals surface area contributed by atoms with Gasteiger partial charge in [-0.1, -0.05) is 97.3 Å². The normalized spacial score (nSPS) is 35.0. The van der Waals surface area contributed by atoms with Crippen molar-refractivity contribution < 1.29 is 13.6 Å². The molecule has 0 bridgehead atoms. The predicted octanol–water partition coefficient (Wildman–Crippen LogP) is 10.4. The number of fused-ring (bicyclic) bond motifs is 5. The Balaban J connectivity index is 1.71. The molecule has 0 N–H and O–H groups in total. The Morgan fingerprint density at radius 2 is 1.59 bits per heavy atom. The van der Waals surface area contributed by atoms with Crippen molar-refractivity contribution in [3.63, 3.8) is 0 Å². The molecule has 3 nitrogen and oxygen atoms in total. The minimum absolute atomic E-state index is 0.0140. The molecule has 0 amide bonds. The van der Waals surface area contributed by atoms with E-state index < -0.39 is 16.6 Å². The molecule has 4 aliphatic carbocycles. The van der Waals surface area contributed by atoms with E-state index in [4.69, 9.17) is 8.85 Å². The van der Waals surface area contributed by atoms with Crippen molar-refractivity contribution in [2.24, 2.45) is 28.6 Å². The van der Waals surface area contributed by atoms with Crippen LogP contribution in [0.5, 0.6) is 0 Å².